The molecule has 1 aromatic heterocycles. The van der Waals surface area contributed by atoms with Crippen molar-refractivity contribution < 1.29 is 17.9 Å². The molecule has 0 spiro atoms. The number of benzene rings is 2. The van der Waals surface area contributed by atoms with Crippen molar-refractivity contribution in [2.45, 2.75) is 24.7 Å². The molecule has 2 aromatic carbocycles. The second-order valence-electron chi connectivity index (χ2n) is 6.53. The van der Waals surface area contributed by atoms with Crippen molar-refractivity contribution in [1.29, 1.82) is 0 Å². The third-order valence-corrected chi connectivity index (χ3v) is 7.35. The van der Waals surface area contributed by atoms with Crippen LogP contribution in [0, 0.1) is 6.92 Å². The molecule has 3 aromatic rings. The predicted octanol–water partition coefficient (Wildman–Crippen LogP) is 3.80. The standard InChI is InChI=1S/C20H18N2O4S2/c1-12-7-8-14(19(23)26-2)11-17(12)28(24,25)22-20-21-18-15-6-4-3-5-13(15)9-10-16(18)27-20/h3-8,11H,9-10H2,1-2H3,(H,21,22). The van der Waals surface area contributed by atoms with E-state index in [2.05, 4.69) is 20.5 Å². The number of esters is 1. The zero-order valence-electron chi connectivity index (χ0n) is 15.4. The van der Waals surface area contributed by atoms with Crippen molar-refractivity contribution >= 4 is 32.5 Å². The van der Waals surface area contributed by atoms with Gasteiger partial charge >= 0.3 is 5.97 Å². The summed E-state index contributed by atoms with van der Waals surface area (Å²) in [4.78, 5) is 17.4. The summed E-state index contributed by atoms with van der Waals surface area (Å²) < 4.78 is 33.2. The van der Waals surface area contributed by atoms with Crippen LogP contribution in [-0.2, 0) is 27.6 Å². The Balaban J connectivity index is 1.69. The Hall–Kier alpha value is -2.71. The van der Waals surface area contributed by atoms with Gasteiger partial charge in [-0.3, -0.25) is 4.72 Å². The molecule has 0 atom stereocenters. The van der Waals surface area contributed by atoms with Crippen LogP contribution >= 0.6 is 11.3 Å². The maximum Gasteiger partial charge on any atom is 0.337 e. The van der Waals surface area contributed by atoms with Gasteiger partial charge in [-0.05, 0) is 43.0 Å². The summed E-state index contributed by atoms with van der Waals surface area (Å²) in [5, 5.41) is 0.324. The van der Waals surface area contributed by atoms with Crippen molar-refractivity contribution in [3.63, 3.8) is 0 Å². The number of thiazole rings is 1. The Bertz CT molecular complexity index is 1180. The first-order chi connectivity index (χ1) is 13.4. The van der Waals surface area contributed by atoms with Crippen molar-refractivity contribution in [3.8, 4) is 11.3 Å². The minimum absolute atomic E-state index is 0.0315. The van der Waals surface area contributed by atoms with Gasteiger partial charge in [-0.2, -0.15) is 0 Å². The van der Waals surface area contributed by atoms with E-state index in [1.165, 1.54) is 30.1 Å². The van der Waals surface area contributed by atoms with Crippen molar-refractivity contribution in [2.24, 2.45) is 0 Å². The summed E-state index contributed by atoms with van der Waals surface area (Å²) >= 11 is 1.35. The maximum atomic E-state index is 12.9. The van der Waals surface area contributed by atoms with E-state index in [1.807, 2.05) is 18.2 Å². The van der Waals surface area contributed by atoms with E-state index in [9.17, 15) is 13.2 Å². The lowest BCUT2D eigenvalue weighted by molar-refractivity contribution is 0.0600. The van der Waals surface area contributed by atoms with Crippen molar-refractivity contribution in [3.05, 3.63) is 64.0 Å². The fraction of sp³-hybridized carbons (Fsp3) is 0.200. The van der Waals surface area contributed by atoms with Crippen LogP contribution in [0.15, 0.2) is 47.4 Å². The van der Waals surface area contributed by atoms with E-state index >= 15 is 0 Å². The maximum absolute atomic E-state index is 12.9. The minimum atomic E-state index is -3.89. The average Bonchev–Trinajstić information content (AvgIpc) is 3.09. The Morgan fingerprint density at radius 3 is 2.75 bits per heavy atom. The molecule has 8 heteroatoms. The van der Waals surface area contributed by atoms with Crippen LogP contribution < -0.4 is 4.72 Å². The van der Waals surface area contributed by atoms with Gasteiger partial charge in [0.1, 0.15) is 0 Å². The molecule has 0 saturated heterocycles. The van der Waals surface area contributed by atoms with Gasteiger partial charge in [0, 0.05) is 10.4 Å². The number of rotatable bonds is 4. The zero-order chi connectivity index (χ0) is 19.9. The van der Waals surface area contributed by atoms with Crippen LogP contribution in [0.3, 0.4) is 0 Å². The van der Waals surface area contributed by atoms with Crippen molar-refractivity contribution in [1.82, 2.24) is 4.98 Å². The molecule has 144 valence electrons. The topological polar surface area (TPSA) is 85.4 Å². The van der Waals surface area contributed by atoms with E-state index in [-0.39, 0.29) is 10.5 Å². The molecule has 0 aliphatic heterocycles. The van der Waals surface area contributed by atoms with Crippen molar-refractivity contribution in [2.75, 3.05) is 11.8 Å². The normalized spacial score (nSPS) is 12.8. The van der Waals surface area contributed by atoms with E-state index in [0.717, 1.165) is 29.0 Å². The number of ether oxygens (including phenoxy) is 1. The highest BCUT2D eigenvalue weighted by Gasteiger charge is 2.24. The molecule has 1 heterocycles. The van der Waals surface area contributed by atoms with Gasteiger partial charge in [-0.25, -0.2) is 18.2 Å². The summed E-state index contributed by atoms with van der Waals surface area (Å²) in [5.41, 5.74) is 3.82. The molecular formula is C20H18N2O4S2. The first-order valence-corrected chi connectivity index (χ1v) is 11.0. The average molecular weight is 415 g/mol. The monoisotopic (exact) mass is 414 g/mol. The third-order valence-electron chi connectivity index (χ3n) is 4.71. The number of carbonyl (C=O) groups is 1. The van der Waals surface area contributed by atoms with Gasteiger partial charge in [0.2, 0.25) is 0 Å². The largest absolute Gasteiger partial charge is 0.465 e. The smallest absolute Gasteiger partial charge is 0.337 e. The lowest BCUT2D eigenvalue weighted by atomic mass is 9.94. The number of aromatic nitrogens is 1. The van der Waals surface area contributed by atoms with Gasteiger partial charge in [0.05, 0.1) is 23.3 Å². The van der Waals surface area contributed by atoms with Gasteiger partial charge < -0.3 is 4.74 Å². The molecule has 0 radical (unpaired) electrons. The van der Waals surface area contributed by atoms with Gasteiger partial charge in [-0.1, -0.05) is 30.3 Å². The number of hydrogen-bond acceptors (Lipinski definition) is 6. The molecule has 1 aliphatic carbocycles. The SMILES string of the molecule is COC(=O)c1ccc(C)c(S(=O)(=O)Nc2nc3c(s2)CCc2ccccc2-3)c1. The third kappa shape index (κ3) is 3.29. The second kappa shape index (κ2) is 7.03. The van der Waals surface area contributed by atoms with Crippen LogP contribution in [0.2, 0.25) is 0 Å². The number of anilines is 1. The number of nitrogens with zero attached hydrogens (tertiary/aromatic N) is 1. The predicted molar refractivity (Wildman–Crippen MR) is 108 cm³/mol. The number of methoxy groups -OCH3 is 1. The number of fused-ring (bicyclic) bond motifs is 3. The fourth-order valence-electron chi connectivity index (χ4n) is 3.30. The molecule has 1 aliphatic rings. The Kier molecular flexibility index (Phi) is 4.68. The quantitative estimate of drug-likeness (QED) is 0.656. The van der Waals surface area contributed by atoms with Crippen LogP contribution in [-0.4, -0.2) is 26.5 Å². The molecule has 1 N–H and O–H groups in total. The Morgan fingerprint density at radius 2 is 1.96 bits per heavy atom. The first kappa shape index (κ1) is 18.6. The van der Waals surface area contributed by atoms with Gasteiger partial charge in [0.15, 0.2) is 5.13 Å². The Labute approximate surface area is 167 Å². The molecule has 0 saturated carbocycles. The molecule has 0 unspecified atom stereocenters. The lowest BCUT2D eigenvalue weighted by Crippen LogP contribution is -2.15. The summed E-state index contributed by atoms with van der Waals surface area (Å²) in [6.45, 7) is 1.68. The van der Waals surface area contributed by atoms with Gasteiger partial charge in [0.25, 0.3) is 10.0 Å². The summed E-state index contributed by atoms with van der Waals surface area (Å²) in [6, 6.07) is 12.5. The van der Waals surface area contributed by atoms with E-state index < -0.39 is 16.0 Å². The van der Waals surface area contributed by atoms with E-state index in [4.69, 9.17) is 0 Å². The van der Waals surface area contributed by atoms with Gasteiger partial charge in [-0.15, -0.1) is 11.3 Å². The number of hydrogen-bond donors (Lipinski definition) is 1. The molecule has 0 bridgehead atoms. The minimum Gasteiger partial charge on any atom is -0.465 e. The molecule has 4 rings (SSSR count). The fourth-order valence-corrected chi connectivity index (χ4v) is 5.78. The molecular weight excluding hydrogens is 396 g/mol. The highest BCUT2D eigenvalue weighted by Crippen LogP contribution is 2.38. The number of aryl methyl sites for hydroxylation is 3. The molecule has 0 fully saturated rings. The number of sulfonamides is 1. The van der Waals surface area contributed by atoms with Crippen LogP contribution in [0.5, 0.6) is 0 Å². The highest BCUT2D eigenvalue weighted by molar-refractivity contribution is 7.93. The first-order valence-electron chi connectivity index (χ1n) is 8.69. The van der Waals surface area contributed by atoms with Crippen LogP contribution in [0.1, 0.15) is 26.4 Å². The summed E-state index contributed by atoms with van der Waals surface area (Å²) in [7, 11) is -2.64. The zero-order valence-corrected chi connectivity index (χ0v) is 17.0. The molecule has 6 nitrogen and oxygen atoms in total. The Morgan fingerprint density at radius 1 is 1.18 bits per heavy atom. The molecule has 28 heavy (non-hydrogen) atoms. The molecule has 0 amide bonds. The number of nitrogens with one attached hydrogen (secondary N) is 1. The number of carbonyl (C=O) groups excluding carboxylic acids is 1. The second-order valence-corrected chi connectivity index (χ2v) is 9.26. The van der Waals surface area contributed by atoms with E-state index in [0.29, 0.717) is 10.7 Å². The lowest BCUT2D eigenvalue weighted by Gasteiger charge is -2.13. The van der Waals surface area contributed by atoms with Crippen LogP contribution in [0.25, 0.3) is 11.3 Å². The van der Waals surface area contributed by atoms with Crippen LogP contribution in [0.4, 0.5) is 5.13 Å². The van der Waals surface area contributed by atoms with E-state index in [1.54, 1.807) is 19.1 Å². The summed E-state index contributed by atoms with van der Waals surface area (Å²) in [6.07, 6.45) is 1.75. The highest BCUT2D eigenvalue weighted by atomic mass is 32.2. The summed E-state index contributed by atoms with van der Waals surface area (Å²) in [5.74, 6) is -0.585.